The van der Waals surface area contributed by atoms with Crippen LogP contribution in [0, 0.1) is 0 Å². The number of hydrogen-bond acceptors (Lipinski definition) is 6. The molecule has 2 aromatic rings. The van der Waals surface area contributed by atoms with Gasteiger partial charge in [-0.3, -0.25) is 20.4 Å². The normalized spacial score (nSPS) is 11.0. The number of benzene rings is 1. The zero-order valence-electron chi connectivity index (χ0n) is 13.5. The summed E-state index contributed by atoms with van der Waals surface area (Å²) < 4.78 is 24.0. The van der Waals surface area contributed by atoms with Crippen molar-refractivity contribution >= 4 is 44.9 Å². The summed E-state index contributed by atoms with van der Waals surface area (Å²) in [5.74, 6) is -1.64. The van der Waals surface area contributed by atoms with Crippen LogP contribution in [0.2, 0.25) is 10.0 Å². The van der Waals surface area contributed by atoms with E-state index in [9.17, 15) is 18.0 Å². The number of sulfone groups is 1. The van der Waals surface area contributed by atoms with Gasteiger partial charge in [0.05, 0.1) is 17.0 Å². The number of carbonyl (C=O) groups is 2. The molecule has 0 bridgehead atoms. The summed E-state index contributed by atoms with van der Waals surface area (Å²) in [6.45, 7) is 1.69. The molecule has 2 amide bonds. The quantitative estimate of drug-likeness (QED) is 0.568. The SMILES string of the molecule is CCCS(=O)(=O)c1ncc(Cl)c(C(=O)NNC(=O)c2ccc(Cl)cc2)n1. The predicted molar refractivity (Wildman–Crippen MR) is 95.8 cm³/mol. The van der Waals surface area contributed by atoms with E-state index in [0.29, 0.717) is 11.4 Å². The molecule has 0 saturated carbocycles. The molecule has 138 valence electrons. The van der Waals surface area contributed by atoms with E-state index in [-0.39, 0.29) is 22.0 Å². The molecule has 0 spiro atoms. The van der Waals surface area contributed by atoms with Crippen LogP contribution in [0.3, 0.4) is 0 Å². The van der Waals surface area contributed by atoms with Crippen molar-refractivity contribution in [2.75, 3.05) is 5.75 Å². The Hall–Kier alpha value is -2.23. The van der Waals surface area contributed by atoms with Crippen LogP contribution in [0.15, 0.2) is 35.6 Å². The minimum Gasteiger partial charge on any atom is -0.267 e. The fraction of sp³-hybridized carbons (Fsp3) is 0.200. The lowest BCUT2D eigenvalue weighted by atomic mass is 10.2. The van der Waals surface area contributed by atoms with Gasteiger partial charge < -0.3 is 0 Å². The lowest BCUT2D eigenvalue weighted by Crippen LogP contribution is -2.42. The number of hydrazine groups is 1. The van der Waals surface area contributed by atoms with E-state index in [4.69, 9.17) is 23.2 Å². The molecule has 0 atom stereocenters. The standard InChI is InChI=1S/C15H14Cl2N4O4S/c1-2-7-26(24,25)15-18-8-11(17)12(19-15)14(23)21-20-13(22)9-3-5-10(16)6-4-9/h3-6,8H,2,7H2,1H3,(H,20,22)(H,21,23). The monoisotopic (exact) mass is 416 g/mol. The zero-order chi connectivity index (χ0) is 19.3. The highest BCUT2D eigenvalue weighted by Crippen LogP contribution is 2.15. The Bertz CT molecular complexity index is 933. The molecule has 0 saturated heterocycles. The first-order valence-corrected chi connectivity index (χ1v) is 9.77. The summed E-state index contributed by atoms with van der Waals surface area (Å²) >= 11 is 11.6. The van der Waals surface area contributed by atoms with E-state index < -0.39 is 26.8 Å². The Balaban J connectivity index is 2.14. The summed E-state index contributed by atoms with van der Waals surface area (Å²) in [5.41, 5.74) is 4.19. The van der Waals surface area contributed by atoms with Crippen LogP contribution < -0.4 is 10.9 Å². The lowest BCUT2D eigenvalue weighted by molar-refractivity contribution is 0.0843. The first-order valence-electron chi connectivity index (χ1n) is 7.36. The molecule has 0 aliphatic rings. The third-order valence-corrected chi connectivity index (χ3v) is 5.31. The molecular formula is C15H14Cl2N4O4S. The van der Waals surface area contributed by atoms with Crippen molar-refractivity contribution in [3.8, 4) is 0 Å². The fourth-order valence-electron chi connectivity index (χ4n) is 1.87. The van der Waals surface area contributed by atoms with Crippen LogP contribution >= 0.6 is 23.2 Å². The minimum atomic E-state index is -3.72. The van der Waals surface area contributed by atoms with E-state index >= 15 is 0 Å². The summed E-state index contributed by atoms with van der Waals surface area (Å²) in [6, 6.07) is 5.97. The molecule has 1 heterocycles. The van der Waals surface area contributed by atoms with Crippen LogP contribution in [0.25, 0.3) is 0 Å². The van der Waals surface area contributed by atoms with Crippen molar-refractivity contribution in [2.24, 2.45) is 0 Å². The maximum atomic E-state index is 12.2. The Morgan fingerprint density at radius 1 is 1.08 bits per heavy atom. The number of rotatable bonds is 5. The third kappa shape index (κ3) is 4.90. The number of amides is 2. The molecule has 2 N–H and O–H groups in total. The van der Waals surface area contributed by atoms with E-state index in [1.165, 1.54) is 24.3 Å². The van der Waals surface area contributed by atoms with E-state index in [1.54, 1.807) is 6.92 Å². The minimum absolute atomic E-state index is 0.154. The number of hydrogen-bond donors (Lipinski definition) is 2. The van der Waals surface area contributed by atoms with Gasteiger partial charge in [-0.25, -0.2) is 18.4 Å². The molecule has 1 aromatic heterocycles. The molecule has 0 radical (unpaired) electrons. The van der Waals surface area contributed by atoms with Gasteiger partial charge in [0.2, 0.25) is 15.0 Å². The number of carbonyl (C=O) groups excluding carboxylic acids is 2. The summed E-state index contributed by atoms with van der Waals surface area (Å²) in [6.07, 6.45) is 1.39. The van der Waals surface area contributed by atoms with Gasteiger partial charge in [0, 0.05) is 10.6 Å². The zero-order valence-corrected chi connectivity index (χ0v) is 15.8. The number of halogens is 2. The molecule has 0 unspecified atom stereocenters. The number of nitrogens with zero attached hydrogens (tertiary/aromatic N) is 2. The number of nitrogens with one attached hydrogen (secondary N) is 2. The lowest BCUT2D eigenvalue weighted by Gasteiger charge is -2.09. The highest BCUT2D eigenvalue weighted by molar-refractivity contribution is 7.91. The Kier molecular flexibility index (Phi) is 6.52. The van der Waals surface area contributed by atoms with Gasteiger partial charge in [0.15, 0.2) is 5.69 Å². The number of aromatic nitrogens is 2. The topological polar surface area (TPSA) is 118 Å². The molecule has 2 rings (SSSR count). The average Bonchev–Trinajstić information content (AvgIpc) is 2.60. The first-order chi connectivity index (χ1) is 12.2. The van der Waals surface area contributed by atoms with Crippen molar-refractivity contribution in [3.63, 3.8) is 0 Å². The third-order valence-electron chi connectivity index (χ3n) is 3.08. The first kappa shape index (κ1) is 20.1. The smallest absolute Gasteiger partial charge is 0.267 e. The maximum absolute atomic E-state index is 12.2. The molecule has 1 aromatic carbocycles. The Morgan fingerprint density at radius 2 is 1.69 bits per heavy atom. The second-order valence-corrected chi connectivity index (χ2v) is 7.93. The largest absolute Gasteiger partial charge is 0.290 e. The van der Waals surface area contributed by atoms with Crippen LogP contribution in [0.1, 0.15) is 34.2 Å². The second kappa shape index (κ2) is 8.43. The van der Waals surface area contributed by atoms with Crippen LogP contribution in [-0.2, 0) is 9.84 Å². The Labute approximate surface area is 159 Å². The van der Waals surface area contributed by atoms with Crippen molar-refractivity contribution in [1.29, 1.82) is 0 Å². The highest BCUT2D eigenvalue weighted by atomic mass is 35.5. The van der Waals surface area contributed by atoms with E-state index in [1.807, 2.05) is 0 Å². The predicted octanol–water partition coefficient (Wildman–Crippen LogP) is 2.04. The summed E-state index contributed by atoms with van der Waals surface area (Å²) in [7, 11) is -3.72. The van der Waals surface area contributed by atoms with Crippen molar-refractivity contribution in [3.05, 3.63) is 51.8 Å². The molecule has 11 heteroatoms. The molecule has 0 aliphatic heterocycles. The van der Waals surface area contributed by atoms with Crippen molar-refractivity contribution in [1.82, 2.24) is 20.8 Å². The van der Waals surface area contributed by atoms with Gasteiger partial charge in [-0.05, 0) is 30.7 Å². The van der Waals surface area contributed by atoms with Gasteiger partial charge in [0.1, 0.15) is 0 Å². The van der Waals surface area contributed by atoms with Gasteiger partial charge in [-0.1, -0.05) is 30.1 Å². The van der Waals surface area contributed by atoms with Crippen molar-refractivity contribution < 1.29 is 18.0 Å². The van der Waals surface area contributed by atoms with Gasteiger partial charge in [0.25, 0.3) is 11.8 Å². The molecular weight excluding hydrogens is 403 g/mol. The fourth-order valence-corrected chi connectivity index (χ4v) is 3.33. The average molecular weight is 417 g/mol. The van der Waals surface area contributed by atoms with Crippen LogP contribution in [-0.4, -0.2) is 36.0 Å². The van der Waals surface area contributed by atoms with Crippen LogP contribution in [0.5, 0.6) is 0 Å². The van der Waals surface area contributed by atoms with E-state index in [0.717, 1.165) is 6.20 Å². The Morgan fingerprint density at radius 3 is 2.31 bits per heavy atom. The van der Waals surface area contributed by atoms with Crippen molar-refractivity contribution in [2.45, 2.75) is 18.5 Å². The maximum Gasteiger partial charge on any atom is 0.290 e. The van der Waals surface area contributed by atoms with Crippen LogP contribution in [0.4, 0.5) is 0 Å². The highest BCUT2D eigenvalue weighted by Gasteiger charge is 2.22. The molecule has 8 nitrogen and oxygen atoms in total. The summed E-state index contributed by atoms with van der Waals surface area (Å²) in [4.78, 5) is 31.5. The molecule has 0 fully saturated rings. The van der Waals surface area contributed by atoms with E-state index in [2.05, 4.69) is 20.8 Å². The second-order valence-electron chi connectivity index (χ2n) is 5.08. The van der Waals surface area contributed by atoms with Gasteiger partial charge in [-0.2, -0.15) is 0 Å². The molecule has 26 heavy (non-hydrogen) atoms. The molecule has 0 aliphatic carbocycles. The van der Waals surface area contributed by atoms with Gasteiger partial charge in [-0.15, -0.1) is 0 Å². The van der Waals surface area contributed by atoms with Gasteiger partial charge >= 0.3 is 0 Å². The summed E-state index contributed by atoms with van der Waals surface area (Å²) in [5, 5.41) is -0.198.